The molecular weight excluding hydrogens is 192 g/mol. The molecule has 0 N–H and O–H groups in total. The van der Waals surface area contributed by atoms with Crippen LogP contribution in [0.4, 0.5) is 0 Å². The topological polar surface area (TPSA) is 0 Å². The van der Waals surface area contributed by atoms with Crippen LogP contribution in [0, 0.1) is 0 Å². The van der Waals surface area contributed by atoms with Crippen molar-refractivity contribution in [2.24, 2.45) is 0 Å². The lowest BCUT2D eigenvalue weighted by Crippen LogP contribution is -1.73. The lowest BCUT2D eigenvalue weighted by Gasteiger charge is -1.93. The summed E-state index contributed by atoms with van der Waals surface area (Å²) < 4.78 is 0. The molecule has 0 amide bonds. The monoisotopic (exact) mass is 212 g/mol. The van der Waals surface area contributed by atoms with Crippen molar-refractivity contribution in [3.05, 3.63) is 71.4 Å². The van der Waals surface area contributed by atoms with Crippen LogP contribution in [0.3, 0.4) is 0 Å². The zero-order valence-electron chi connectivity index (χ0n) is 10.4. The minimum Gasteiger partial charge on any atom is -0.0874 e. The third-order valence-electron chi connectivity index (χ3n) is 2.39. The van der Waals surface area contributed by atoms with Crippen molar-refractivity contribution in [3.8, 4) is 0 Å². The summed E-state index contributed by atoms with van der Waals surface area (Å²) in [6, 6.07) is 0. The van der Waals surface area contributed by atoms with Gasteiger partial charge in [-0.05, 0) is 32.8 Å². The Morgan fingerprint density at radius 3 is 2.88 bits per heavy atom. The molecule has 0 nitrogen and oxygen atoms in total. The van der Waals surface area contributed by atoms with E-state index in [1.807, 2.05) is 6.92 Å². The molecule has 1 rings (SSSR count). The smallest absolute Gasteiger partial charge is 0.00942 e. The molecule has 16 heavy (non-hydrogen) atoms. The molecule has 0 radical (unpaired) electrons. The third kappa shape index (κ3) is 4.79. The molecule has 1 aliphatic rings. The molecule has 0 heterocycles. The Balaban J connectivity index is 2.65. The molecule has 0 aromatic rings. The highest BCUT2D eigenvalue weighted by atomic mass is 14.0. The predicted octanol–water partition coefficient (Wildman–Crippen LogP) is 4.90. The predicted molar refractivity (Wildman–Crippen MR) is 73.3 cm³/mol. The lowest BCUT2D eigenvalue weighted by molar-refractivity contribution is 1.29. The highest BCUT2D eigenvalue weighted by Crippen LogP contribution is 2.12. The summed E-state index contributed by atoms with van der Waals surface area (Å²) in [6.45, 7) is 6.26. The second-order valence-corrected chi connectivity index (χ2v) is 4.03. The van der Waals surface area contributed by atoms with Crippen molar-refractivity contribution < 1.29 is 0 Å². The van der Waals surface area contributed by atoms with Crippen molar-refractivity contribution in [2.75, 3.05) is 0 Å². The summed E-state index contributed by atoms with van der Waals surface area (Å²) in [5.74, 6) is 0. The quantitative estimate of drug-likeness (QED) is 0.584. The zero-order chi connectivity index (χ0) is 11.8. The van der Waals surface area contributed by atoms with Crippen molar-refractivity contribution in [3.63, 3.8) is 0 Å². The molecule has 0 saturated heterocycles. The van der Waals surface area contributed by atoms with E-state index >= 15 is 0 Å². The van der Waals surface area contributed by atoms with Gasteiger partial charge in [-0.3, -0.25) is 0 Å². The Kier molecular flexibility index (Phi) is 5.35. The van der Waals surface area contributed by atoms with Crippen molar-refractivity contribution >= 4 is 0 Å². The van der Waals surface area contributed by atoms with Gasteiger partial charge in [-0.25, -0.2) is 0 Å². The summed E-state index contributed by atoms with van der Waals surface area (Å²) in [6.07, 6.45) is 20.3. The molecule has 0 aromatic heterocycles. The normalized spacial score (nSPS) is 17.8. The molecule has 0 saturated carbocycles. The van der Waals surface area contributed by atoms with Crippen molar-refractivity contribution in [1.29, 1.82) is 0 Å². The molecule has 84 valence electrons. The Labute approximate surface area is 99.1 Å². The summed E-state index contributed by atoms with van der Waals surface area (Å²) in [4.78, 5) is 0. The summed E-state index contributed by atoms with van der Waals surface area (Å²) in [5.41, 5.74) is 3.93. The second-order valence-electron chi connectivity index (χ2n) is 4.03. The zero-order valence-corrected chi connectivity index (χ0v) is 10.4. The van der Waals surface area contributed by atoms with Gasteiger partial charge in [-0.1, -0.05) is 65.8 Å². The van der Waals surface area contributed by atoms with Crippen LogP contribution < -0.4 is 0 Å². The fourth-order valence-electron chi connectivity index (χ4n) is 1.51. The van der Waals surface area contributed by atoms with Gasteiger partial charge >= 0.3 is 0 Å². The van der Waals surface area contributed by atoms with E-state index in [2.05, 4.69) is 68.5 Å². The molecule has 0 heteroatoms. The van der Waals surface area contributed by atoms with Crippen LogP contribution in [0.5, 0.6) is 0 Å². The summed E-state index contributed by atoms with van der Waals surface area (Å²) in [5, 5.41) is 0. The van der Waals surface area contributed by atoms with Gasteiger partial charge in [-0.15, -0.1) is 0 Å². The van der Waals surface area contributed by atoms with E-state index in [9.17, 15) is 0 Å². The average Bonchev–Trinajstić information content (AvgIpc) is 2.44. The Morgan fingerprint density at radius 1 is 1.31 bits per heavy atom. The fraction of sp³-hybridized carbons (Fsp3) is 0.250. The van der Waals surface area contributed by atoms with Gasteiger partial charge in [-0.2, -0.15) is 0 Å². The minimum absolute atomic E-state index is 1.01. The van der Waals surface area contributed by atoms with Gasteiger partial charge < -0.3 is 0 Å². The molecular formula is C16H20. The van der Waals surface area contributed by atoms with E-state index in [1.54, 1.807) is 0 Å². The van der Waals surface area contributed by atoms with Gasteiger partial charge in [0.05, 0.1) is 0 Å². The van der Waals surface area contributed by atoms with E-state index in [4.69, 9.17) is 0 Å². The second kappa shape index (κ2) is 6.84. The molecule has 0 spiro atoms. The summed E-state index contributed by atoms with van der Waals surface area (Å²) in [7, 11) is 0. The SMILES string of the molecule is C\C=C/C(C)=C\C=C\C1=CC=C(C)C=CC1. The molecule has 1 aliphatic carbocycles. The maximum absolute atomic E-state index is 2.21. The van der Waals surface area contributed by atoms with Crippen molar-refractivity contribution in [1.82, 2.24) is 0 Å². The van der Waals surface area contributed by atoms with Gasteiger partial charge in [0.1, 0.15) is 0 Å². The van der Waals surface area contributed by atoms with Gasteiger partial charge in [0.2, 0.25) is 0 Å². The highest BCUT2D eigenvalue weighted by Gasteiger charge is 1.92. The van der Waals surface area contributed by atoms with Crippen LogP contribution in [-0.2, 0) is 0 Å². The van der Waals surface area contributed by atoms with Crippen LogP contribution in [0.1, 0.15) is 27.2 Å². The first kappa shape index (κ1) is 12.5. The molecule has 0 bridgehead atoms. The highest BCUT2D eigenvalue weighted by molar-refractivity contribution is 5.36. The van der Waals surface area contributed by atoms with Crippen LogP contribution in [0.15, 0.2) is 71.4 Å². The van der Waals surface area contributed by atoms with E-state index in [-0.39, 0.29) is 0 Å². The van der Waals surface area contributed by atoms with E-state index < -0.39 is 0 Å². The first-order valence-electron chi connectivity index (χ1n) is 5.74. The minimum atomic E-state index is 1.01. The van der Waals surface area contributed by atoms with Gasteiger partial charge in [0.15, 0.2) is 0 Å². The average molecular weight is 212 g/mol. The molecule has 0 aromatic carbocycles. The summed E-state index contributed by atoms with van der Waals surface area (Å²) >= 11 is 0. The molecule has 0 fully saturated rings. The van der Waals surface area contributed by atoms with E-state index in [0.717, 1.165) is 6.42 Å². The number of hydrogen-bond acceptors (Lipinski definition) is 0. The number of hydrogen-bond donors (Lipinski definition) is 0. The van der Waals surface area contributed by atoms with Crippen LogP contribution in [0.2, 0.25) is 0 Å². The first-order chi connectivity index (χ1) is 7.72. The van der Waals surface area contributed by atoms with Crippen LogP contribution in [0.25, 0.3) is 0 Å². The van der Waals surface area contributed by atoms with E-state index in [0.29, 0.717) is 0 Å². The largest absolute Gasteiger partial charge is 0.0874 e. The molecule has 0 atom stereocenters. The maximum atomic E-state index is 2.21. The molecule has 0 aliphatic heterocycles. The standard InChI is InChI=1S/C16H20/c1-4-7-14(2)8-5-10-16-11-6-9-15(3)12-13-16/h4-10,12-13H,11H2,1-3H3/b7-4-,10-5+,14-8-. The lowest BCUT2D eigenvalue weighted by atomic mass is 10.1. The molecule has 0 unspecified atom stereocenters. The Hall–Kier alpha value is -1.56. The van der Waals surface area contributed by atoms with E-state index in [1.165, 1.54) is 16.7 Å². The Bertz CT molecular complexity index is 396. The Morgan fingerprint density at radius 2 is 2.12 bits per heavy atom. The third-order valence-corrected chi connectivity index (χ3v) is 2.39. The van der Waals surface area contributed by atoms with Gasteiger partial charge in [0, 0.05) is 0 Å². The number of allylic oxidation sites excluding steroid dienone is 12. The first-order valence-corrected chi connectivity index (χ1v) is 5.74. The van der Waals surface area contributed by atoms with Crippen molar-refractivity contribution in [2.45, 2.75) is 27.2 Å². The van der Waals surface area contributed by atoms with Crippen LogP contribution in [-0.4, -0.2) is 0 Å². The number of rotatable bonds is 3. The maximum Gasteiger partial charge on any atom is -0.00942 e. The van der Waals surface area contributed by atoms with Crippen LogP contribution >= 0.6 is 0 Å². The van der Waals surface area contributed by atoms with Gasteiger partial charge in [0.25, 0.3) is 0 Å². The fourth-order valence-corrected chi connectivity index (χ4v) is 1.51.